The molecule has 0 amide bonds. The molecule has 1 saturated carbocycles. The number of aryl methyl sites for hydroxylation is 3. The molecule has 16 heavy (non-hydrogen) atoms. The number of hydrogen-bond acceptors (Lipinski definition) is 0. The third-order valence-electron chi connectivity index (χ3n) is 4.19. The first kappa shape index (κ1) is 9.95. The van der Waals surface area contributed by atoms with Gasteiger partial charge in [-0.1, -0.05) is 0 Å². The average molecular weight is 213 g/mol. The Morgan fingerprint density at radius 3 is 2.31 bits per heavy atom. The summed E-state index contributed by atoms with van der Waals surface area (Å²) in [5.41, 5.74) is 8.60. The second-order valence-electron chi connectivity index (χ2n) is 5.30. The van der Waals surface area contributed by atoms with Crippen molar-refractivity contribution >= 4 is 10.9 Å². The van der Waals surface area contributed by atoms with Crippen LogP contribution in [0.25, 0.3) is 10.9 Å². The number of aromatic amines is 1. The van der Waals surface area contributed by atoms with Crippen LogP contribution in [0.3, 0.4) is 0 Å². The Kier molecular flexibility index (Phi) is 1.95. The van der Waals surface area contributed by atoms with Crippen LogP contribution in [0.1, 0.15) is 46.7 Å². The van der Waals surface area contributed by atoms with Crippen molar-refractivity contribution in [3.63, 3.8) is 0 Å². The van der Waals surface area contributed by atoms with Crippen LogP contribution in [-0.2, 0) is 0 Å². The minimum absolute atomic E-state index is 0.812. The normalized spacial score (nSPS) is 16.0. The molecule has 0 bridgehead atoms. The van der Waals surface area contributed by atoms with Crippen LogP contribution in [0.4, 0.5) is 0 Å². The van der Waals surface area contributed by atoms with Gasteiger partial charge in [-0.15, -0.1) is 0 Å². The predicted octanol–water partition coefficient (Wildman–Crippen LogP) is 4.28. The predicted molar refractivity (Wildman–Crippen MR) is 69.2 cm³/mol. The molecule has 1 aliphatic rings. The molecule has 1 aromatic heterocycles. The highest BCUT2D eigenvalue weighted by Gasteiger charge is 2.28. The highest BCUT2D eigenvalue weighted by atomic mass is 14.7. The highest BCUT2D eigenvalue weighted by Crippen LogP contribution is 2.43. The van der Waals surface area contributed by atoms with E-state index < -0.39 is 0 Å². The summed E-state index contributed by atoms with van der Waals surface area (Å²) in [6, 6.07) is 2.30. The molecule has 2 aromatic rings. The Morgan fingerprint density at radius 2 is 1.69 bits per heavy atom. The molecule has 1 aromatic carbocycles. The van der Waals surface area contributed by atoms with Gasteiger partial charge in [0.15, 0.2) is 0 Å². The summed E-state index contributed by atoms with van der Waals surface area (Å²) in [5, 5.41) is 1.46. The maximum atomic E-state index is 3.63. The van der Waals surface area contributed by atoms with Crippen molar-refractivity contribution in [1.82, 2.24) is 4.98 Å². The van der Waals surface area contributed by atoms with Gasteiger partial charge in [0.2, 0.25) is 0 Å². The first-order chi connectivity index (χ1) is 7.59. The lowest BCUT2D eigenvalue weighted by molar-refractivity contribution is 1.04. The Balaban J connectivity index is 2.37. The summed E-state index contributed by atoms with van der Waals surface area (Å²) in [6.45, 7) is 8.96. The van der Waals surface area contributed by atoms with Crippen LogP contribution >= 0.6 is 0 Å². The molecular weight excluding hydrogens is 194 g/mol. The van der Waals surface area contributed by atoms with E-state index in [1.165, 1.54) is 51.7 Å². The number of nitrogens with one attached hydrogen (secondary N) is 1. The van der Waals surface area contributed by atoms with E-state index in [2.05, 4.69) is 38.7 Å². The van der Waals surface area contributed by atoms with E-state index in [1.807, 2.05) is 0 Å². The molecule has 0 atom stereocenters. The van der Waals surface area contributed by atoms with E-state index in [9.17, 15) is 0 Å². The smallest absolute Gasteiger partial charge is 0.0464 e. The second kappa shape index (κ2) is 3.13. The fourth-order valence-electron chi connectivity index (χ4n) is 2.82. The van der Waals surface area contributed by atoms with Crippen molar-refractivity contribution in [2.75, 3.05) is 0 Å². The lowest BCUT2D eigenvalue weighted by Gasteiger charge is -2.06. The molecule has 1 heteroatoms. The number of hydrogen-bond donors (Lipinski definition) is 1. The van der Waals surface area contributed by atoms with Crippen molar-refractivity contribution in [1.29, 1.82) is 0 Å². The molecule has 84 valence electrons. The maximum Gasteiger partial charge on any atom is 0.0464 e. The fourth-order valence-corrected chi connectivity index (χ4v) is 2.82. The van der Waals surface area contributed by atoms with Crippen molar-refractivity contribution in [3.05, 3.63) is 34.0 Å². The summed E-state index contributed by atoms with van der Waals surface area (Å²) in [4.78, 5) is 3.63. The highest BCUT2D eigenvalue weighted by molar-refractivity contribution is 5.89. The number of benzene rings is 1. The van der Waals surface area contributed by atoms with Crippen molar-refractivity contribution in [3.8, 4) is 0 Å². The lowest BCUT2D eigenvalue weighted by Crippen LogP contribution is -1.88. The van der Waals surface area contributed by atoms with E-state index in [0.29, 0.717) is 0 Å². The van der Waals surface area contributed by atoms with E-state index in [4.69, 9.17) is 0 Å². The molecule has 1 fully saturated rings. The van der Waals surface area contributed by atoms with Crippen molar-refractivity contribution < 1.29 is 0 Å². The standard InChI is InChI=1S/C15H19N/c1-8-7-13-14(10(3)9(8)2)11(4)15(16-13)12-5-6-12/h7,12,16H,5-6H2,1-4H3. The van der Waals surface area contributed by atoms with Crippen LogP contribution in [0, 0.1) is 27.7 Å². The van der Waals surface area contributed by atoms with Gasteiger partial charge in [-0.05, 0) is 74.8 Å². The third kappa shape index (κ3) is 1.24. The van der Waals surface area contributed by atoms with Crippen LogP contribution < -0.4 is 0 Å². The zero-order valence-corrected chi connectivity index (χ0v) is 10.6. The summed E-state index contributed by atoms with van der Waals surface area (Å²) in [7, 11) is 0. The second-order valence-corrected chi connectivity index (χ2v) is 5.30. The van der Waals surface area contributed by atoms with Gasteiger partial charge in [-0.3, -0.25) is 0 Å². The molecule has 0 radical (unpaired) electrons. The topological polar surface area (TPSA) is 15.8 Å². The maximum absolute atomic E-state index is 3.63. The molecule has 1 heterocycles. The minimum atomic E-state index is 0.812. The molecule has 1 N–H and O–H groups in total. The summed E-state index contributed by atoms with van der Waals surface area (Å²) in [6.07, 6.45) is 2.73. The van der Waals surface area contributed by atoms with Crippen LogP contribution in [0.15, 0.2) is 6.07 Å². The zero-order valence-electron chi connectivity index (χ0n) is 10.6. The number of aromatic nitrogens is 1. The summed E-state index contributed by atoms with van der Waals surface area (Å²) in [5.74, 6) is 0.812. The number of H-pyrrole nitrogens is 1. The zero-order chi connectivity index (χ0) is 11.4. The van der Waals surface area contributed by atoms with Crippen molar-refractivity contribution in [2.45, 2.75) is 46.5 Å². The first-order valence-electron chi connectivity index (χ1n) is 6.18. The van der Waals surface area contributed by atoms with Gasteiger partial charge in [0, 0.05) is 16.6 Å². The Labute approximate surface area is 96.9 Å². The molecule has 0 spiro atoms. The lowest BCUT2D eigenvalue weighted by atomic mass is 9.98. The number of fused-ring (bicyclic) bond motifs is 1. The van der Waals surface area contributed by atoms with Gasteiger partial charge in [-0.25, -0.2) is 0 Å². The summed E-state index contributed by atoms with van der Waals surface area (Å²) < 4.78 is 0. The molecular formula is C15H19N. The van der Waals surface area contributed by atoms with Gasteiger partial charge in [0.05, 0.1) is 0 Å². The summed E-state index contributed by atoms with van der Waals surface area (Å²) >= 11 is 0. The van der Waals surface area contributed by atoms with Gasteiger partial charge in [-0.2, -0.15) is 0 Å². The molecule has 1 nitrogen and oxygen atoms in total. The van der Waals surface area contributed by atoms with E-state index in [-0.39, 0.29) is 0 Å². The minimum Gasteiger partial charge on any atom is -0.358 e. The van der Waals surface area contributed by atoms with Gasteiger partial charge >= 0.3 is 0 Å². The van der Waals surface area contributed by atoms with Crippen LogP contribution in [0.2, 0.25) is 0 Å². The van der Waals surface area contributed by atoms with Crippen molar-refractivity contribution in [2.24, 2.45) is 0 Å². The molecule has 0 unspecified atom stereocenters. The Morgan fingerprint density at radius 1 is 1.00 bits per heavy atom. The quantitative estimate of drug-likeness (QED) is 0.727. The molecule has 0 aliphatic heterocycles. The van der Waals surface area contributed by atoms with Gasteiger partial charge < -0.3 is 4.98 Å². The third-order valence-corrected chi connectivity index (χ3v) is 4.19. The fraction of sp³-hybridized carbons (Fsp3) is 0.467. The largest absolute Gasteiger partial charge is 0.358 e. The van der Waals surface area contributed by atoms with E-state index >= 15 is 0 Å². The van der Waals surface area contributed by atoms with Gasteiger partial charge in [0.1, 0.15) is 0 Å². The van der Waals surface area contributed by atoms with E-state index in [1.54, 1.807) is 0 Å². The SMILES string of the molecule is Cc1cc2[nH]c(C3CC3)c(C)c2c(C)c1C. The monoisotopic (exact) mass is 213 g/mol. The number of rotatable bonds is 1. The van der Waals surface area contributed by atoms with Crippen LogP contribution in [0.5, 0.6) is 0 Å². The Bertz CT molecular complexity index is 571. The first-order valence-corrected chi connectivity index (χ1v) is 6.18. The van der Waals surface area contributed by atoms with E-state index in [0.717, 1.165) is 5.92 Å². The average Bonchev–Trinajstić information content (AvgIpc) is 3.02. The molecule has 0 saturated heterocycles. The molecule has 3 rings (SSSR count). The molecule has 1 aliphatic carbocycles. The Hall–Kier alpha value is -1.24. The van der Waals surface area contributed by atoms with Gasteiger partial charge in [0.25, 0.3) is 0 Å². The van der Waals surface area contributed by atoms with Crippen LogP contribution in [-0.4, -0.2) is 4.98 Å².